The third kappa shape index (κ3) is 2.89. The molecule has 5 rings (SSSR count). The summed E-state index contributed by atoms with van der Waals surface area (Å²) in [6, 6.07) is 7.63. The molecule has 1 atom stereocenters. The normalized spacial score (nSPS) is 19.8. The number of benzene rings is 1. The van der Waals surface area contributed by atoms with Crippen LogP contribution in [-0.4, -0.2) is 45.0 Å². The van der Waals surface area contributed by atoms with E-state index < -0.39 is 0 Å². The molecule has 0 radical (unpaired) electrons. The van der Waals surface area contributed by atoms with E-state index in [-0.39, 0.29) is 11.9 Å². The highest BCUT2D eigenvalue weighted by Gasteiger charge is 2.29. The Labute approximate surface area is 150 Å². The van der Waals surface area contributed by atoms with Crippen LogP contribution in [0.5, 0.6) is 0 Å². The summed E-state index contributed by atoms with van der Waals surface area (Å²) < 4.78 is 0. The molecule has 7 heteroatoms. The van der Waals surface area contributed by atoms with Crippen LogP contribution in [0.1, 0.15) is 41.2 Å². The van der Waals surface area contributed by atoms with Gasteiger partial charge in [0.2, 0.25) is 5.95 Å². The zero-order valence-electron chi connectivity index (χ0n) is 14.4. The highest BCUT2D eigenvalue weighted by atomic mass is 16.1. The summed E-state index contributed by atoms with van der Waals surface area (Å²) in [7, 11) is 0. The lowest BCUT2D eigenvalue weighted by Gasteiger charge is -2.17. The Bertz CT molecular complexity index is 963. The molecule has 7 nitrogen and oxygen atoms in total. The van der Waals surface area contributed by atoms with E-state index >= 15 is 0 Å². The number of nitrogens with zero attached hydrogens (tertiary/aromatic N) is 4. The molecule has 1 aromatic carbocycles. The van der Waals surface area contributed by atoms with Gasteiger partial charge in [0.1, 0.15) is 0 Å². The predicted molar refractivity (Wildman–Crippen MR) is 98.2 cm³/mol. The summed E-state index contributed by atoms with van der Waals surface area (Å²) in [4.78, 5) is 31.1. The molecule has 1 unspecified atom stereocenters. The summed E-state index contributed by atoms with van der Waals surface area (Å²) in [5.41, 5.74) is 3.53. The van der Waals surface area contributed by atoms with E-state index in [2.05, 4.69) is 25.2 Å². The van der Waals surface area contributed by atoms with Crippen molar-refractivity contribution in [3.8, 4) is 0 Å². The fourth-order valence-electron chi connectivity index (χ4n) is 3.53. The second-order valence-electron chi connectivity index (χ2n) is 7.10. The lowest BCUT2D eigenvalue weighted by atomic mass is 10.1. The Morgan fingerprint density at radius 1 is 1.19 bits per heavy atom. The average molecular weight is 348 g/mol. The number of nitrogens with one attached hydrogen (secondary N) is 2. The van der Waals surface area contributed by atoms with Crippen LogP contribution in [-0.2, 0) is 0 Å². The maximum atomic E-state index is 12.6. The van der Waals surface area contributed by atoms with Crippen molar-refractivity contribution in [2.45, 2.75) is 31.2 Å². The van der Waals surface area contributed by atoms with Gasteiger partial charge in [0.15, 0.2) is 0 Å². The SMILES string of the molecule is O=C(NC1CCN(c2nccc(C3CC3)n2)C1)c1ccc2nc[nH]c2c1. The molecule has 1 saturated carbocycles. The van der Waals surface area contributed by atoms with Gasteiger partial charge in [-0.25, -0.2) is 15.0 Å². The zero-order valence-corrected chi connectivity index (χ0v) is 14.4. The number of hydrogen-bond acceptors (Lipinski definition) is 5. The van der Waals surface area contributed by atoms with E-state index in [1.807, 2.05) is 30.5 Å². The molecular weight excluding hydrogens is 328 g/mol. The van der Waals surface area contributed by atoms with E-state index in [0.29, 0.717) is 11.5 Å². The molecule has 0 spiro atoms. The van der Waals surface area contributed by atoms with Crippen LogP contribution in [0.15, 0.2) is 36.8 Å². The molecule has 1 aliphatic heterocycles. The van der Waals surface area contributed by atoms with Crippen LogP contribution >= 0.6 is 0 Å². The van der Waals surface area contributed by atoms with Crippen molar-refractivity contribution in [2.75, 3.05) is 18.0 Å². The number of H-pyrrole nitrogens is 1. The van der Waals surface area contributed by atoms with Gasteiger partial charge in [-0.1, -0.05) is 0 Å². The molecule has 0 bridgehead atoms. The Balaban J connectivity index is 1.25. The van der Waals surface area contributed by atoms with E-state index in [1.165, 1.54) is 12.8 Å². The molecule has 26 heavy (non-hydrogen) atoms. The summed E-state index contributed by atoms with van der Waals surface area (Å²) >= 11 is 0. The molecule has 132 valence electrons. The van der Waals surface area contributed by atoms with Crippen molar-refractivity contribution in [1.82, 2.24) is 25.3 Å². The van der Waals surface area contributed by atoms with E-state index in [4.69, 9.17) is 4.98 Å². The van der Waals surface area contributed by atoms with Gasteiger partial charge in [-0.15, -0.1) is 0 Å². The minimum Gasteiger partial charge on any atom is -0.347 e. The minimum atomic E-state index is -0.0546. The maximum Gasteiger partial charge on any atom is 0.251 e. The van der Waals surface area contributed by atoms with Crippen LogP contribution in [0.3, 0.4) is 0 Å². The minimum absolute atomic E-state index is 0.0546. The highest BCUT2D eigenvalue weighted by molar-refractivity contribution is 5.97. The second kappa shape index (κ2) is 6.09. The first-order valence-electron chi connectivity index (χ1n) is 9.08. The Hall–Kier alpha value is -2.96. The third-order valence-electron chi connectivity index (χ3n) is 5.15. The zero-order chi connectivity index (χ0) is 17.5. The summed E-state index contributed by atoms with van der Waals surface area (Å²) in [6.45, 7) is 1.60. The fourth-order valence-corrected chi connectivity index (χ4v) is 3.53. The fraction of sp³-hybridized carbons (Fsp3) is 0.368. The molecule has 2 fully saturated rings. The molecule has 2 aliphatic rings. The molecule has 2 aromatic heterocycles. The Morgan fingerprint density at radius 3 is 3.00 bits per heavy atom. The molecule has 1 saturated heterocycles. The van der Waals surface area contributed by atoms with Gasteiger partial charge >= 0.3 is 0 Å². The number of carbonyl (C=O) groups is 1. The first-order chi connectivity index (χ1) is 12.8. The average Bonchev–Trinajstić information content (AvgIpc) is 3.23. The van der Waals surface area contributed by atoms with Crippen molar-refractivity contribution < 1.29 is 4.79 Å². The van der Waals surface area contributed by atoms with Gasteiger partial charge in [-0.3, -0.25) is 4.79 Å². The van der Waals surface area contributed by atoms with Crippen LogP contribution in [0.25, 0.3) is 11.0 Å². The number of rotatable bonds is 4. The number of aromatic nitrogens is 4. The van der Waals surface area contributed by atoms with Gasteiger partial charge < -0.3 is 15.2 Å². The maximum absolute atomic E-state index is 12.6. The number of fused-ring (bicyclic) bond motifs is 1. The number of aromatic amines is 1. The van der Waals surface area contributed by atoms with E-state index in [1.54, 1.807) is 6.33 Å². The van der Waals surface area contributed by atoms with Gasteiger partial charge in [0.25, 0.3) is 5.91 Å². The topological polar surface area (TPSA) is 86.8 Å². The largest absolute Gasteiger partial charge is 0.347 e. The number of carbonyl (C=O) groups excluding carboxylic acids is 1. The quantitative estimate of drug-likeness (QED) is 0.755. The molecular formula is C19H20N6O. The van der Waals surface area contributed by atoms with Crippen molar-refractivity contribution >= 4 is 22.9 Å². The van der Waals surface area contributed by atoms with Crippen molar-refractivity contribution in [3.05, 3.63) is 48.0 Å². The molecule has 1 aliphatic carbocycles. The lowest BCUT2D eigenvalue weighted by Crippen LogP contribution is -2.37. The smallest absolute Gasteiger partial charge is 0.251 e. The summed E-state index contributed by atoms with van der Waals surface area (Å²) in [5, 5.41) is 3.13. The summed E-state index contributed by atoms with van der Waals surface area (Å²) in [5.74, 6) is 1.35. The third-order valence-corrected chi connectivity index (χ3v) is 5.15. The first kappa shape index (κ1) is 15.3. The standard InChI is InChI=1S/C19H20N6O/c26-18(13-3-4-16-17(9-13)22-11-21-16)23-14-6-8-25(10-14)19-20-7-5-15(24-19)12-1-2-12/h3-5,7,9,11-12,14H,1-2,6,8,10H2,(H,21,22)(H,23,26). The van der Waals surface area contributed by atoms with Crippen molar-refractivity contribution in [3.63, 3.8) is 0 Å². The van der Waals surface area contributed by atoms with Gasteiger partial charge in [-0.2, -0.15) is 0 Å². The lowest BCUT2D eigenvalue weighted by molar-refractivity contribution is 0.0940. The Morgan fingerprint density at radius 2 is 2.12 bits per heavy atom. The van der Waals surface area contributed by atoms with E-state index in [9.17, 15) is 4.79 Å². The van der Waals surface area contributed by atoms with E-state index in [0.717, 1.165) is 42.2 Å². The number of hydrogen-bond donors (Lipinski definition) is 2. The molecule has 1 amide bonds. The van der Waals surface area contributed by atoms with Crippen LogP contribution in [0.2, 0.25) is 0 Å². The number of imidazole rings is 1. The highest BCUT2D eigenvalue weighted by Crippen LogP contribution is 2.39. The van der Waals surface area contributed by atoms with Crippen molar-refractivity contribution in [2.24, 2.45) is 0 Å². The molecule has 3 aromatic rings. The van der Waals surface area contributed by atoms with Gasteiger partial charge in [0, 0.05) is 42.5 Å². The Kier molecular flexibility index (Phi) is 3.58. The van der Waals surface area contributed by atoms with Gasteiger partial charge in [-0.05, 0) is 43.5 Å². The van der Waals surface area contributed by atoms with Crippen LogP contribution in [0.4, 0.5) is 5.95 Å². The predicted octanol–water partition coefficient (Wildman–Crippen LogP) is 2.24. The summed E-state index contributed by atoms with van der Waals surface area (Å²) in [6.07, 6.45) is 6.85. The first-order valence-corrected chi connectivity index (χ1v) is 9.08. The van der Waals surface area contributed by atoms with Crippen LogP contribution in [0, 0.1) is 0 Å². The number of amides is 1. The monoisotopic (exact) mass is 348 g/mol. The van der Waals surface area contributed by atoms with Gasteiger partial charge in [0.05, 0.1) is 17.4 Å². The van der Waals surface area contributed by atoms with Crippen LogP contribution < -0.4 is 10.2 Å². The second-order valence-corrected chi connectivity index (χ2v) is 7.10. The molecule has 3 heterocycles. The number of anilines is 1. The molecule has 2 N–H and O–H groups in total. The van der Waals surface area contributed by atoms with Crippen molar-refractivity contribution in [1.29, 1.82) is 0 Å².